The van der Waals surface area contributed by atoms with Gasteiger partial charge in [0.2, 0.25) is 0 Å². The maximum atomic E-state index is 12.9. The van der Waals surface area contributed by atoms with Gasteiger partial charge in [-0.3, -0.25) is 4.79 Å². The van der Waals surface area contributed by atoms with Gasteiger partial charge in [-0.15, -0.1) is 0 Å². The molecule has 0 bridgehead atoms. The molecule has 156 valence electrons. The first-order chi connectivity index (χ1) is 13.3. The van der Waals surface area contributed by atoms with Crippen molar-refractivity contribution in [2.45, 2.75) is 43.5 Å². The van der Waals surface area contributed by atoms with E-state index in [4.69, 9.17) is 19.9 Å². The number of likely N-dealkylation sites (tertiary alicyclic amines) is 1. The molecule has 2 aliphatic heterocycles. The number of hydrogen-bond acceptors (Lipinski definition) is 7. The van der Waals surface area contributed by atoms with Crippen molar-refractivity contribution >= 4 is 5.91 Å². The van der Waals surface area contributed by atoms with E-state index < -0.39 is 17.3 Å². The van der Waals surface area contributed by atoms with Gasteiger partial charge in [-0.25, -0.2) is 0 Å². The first kappa shape index (κ1) is 20.9. The molecule has 1 amide bonds. The first-order valence-electron chi connectivity index (χ1n) is 9.67. The summed E-state index contributed by atoms with van der Waals surface area (Å²) in [4.78, 5) is 14.7. The Bertz CT molecular complexity index is 700. The highest BCUT2D eigenvalue weighted by atomic mass is 16.5. The Hall–Kier alpha value is -1.87. The maximum Gasteiger partial charge on any atom is 0.253 e. The number of ether oxygens (including phenoxy) is 3. The molecule has 28 heavy (non-hydrogen) atoms. The highest BCUT2D eigenvalue weighted by Crippen LogP contribution is 2.40. The normalized spacial score (nSPS) is 26.9. The molecule has 0 aromatic heterocycles. The predicted octanol–water partition coefficient (Wildman–Crippen LogP) is 0.540. The Balaban J connectivity index is 1.68. The Labute approximate surface area is 165 Å². The molecular formula is C20H30N2O6. The van der Waals surface area contributed by atoms with Gasteiger partial charge in [-0.2, -0.15) is 0 Å². The van der Waals surface area contributed by atoms with Crippen molar-refractivity contribution < 1.29 is 29.2 Å². The number of aliphatic hydroxyl groups is 2. The summed E-state index contributed by atoms with van der Waals surface area (Å²) in [6.07, 6.45) is 0.386. The lowest BCUT2D eigenvalue weighted by atomic mass is 9.75. The fraction of sp³-hybridized carbons (Fsp3) is 0.650. The van der Waals surface area contributed by atoms with Crippen LogP contribution in [0, 0.1) is 0 Å². The zero-order valence-corrected chi connectivity index (χ0v) is 16.5. The van der Waals surface area contributed by atoms with Gasteiger partial charge in [0.15, 0.2) is 11.5 Å². The van der Waals surface area contributed by atoms with Crippen molar-refractivity contribution in [2.24, 2.45) is 5.73 Å². The largest absolute Gasteiger partial charge is 0.493 e. The predicted molar refractivity (Wildman–Crippen MR) is 103 cm³/mol. The van der Waals surface area contributed by atoms with Crippen LogP contribution in [0.25, 0.3) is 0 Å². The molecule has 8 heteroatoms. The van der Waals surface area contributed by atoms with Crippen LogP contribution in [0.2, 0.25) is 0 Å². The fourth-order valence-electron chi connectivity index (χ4n) is 4.02. The third-order valence-electron chi connectivity index (χ3n) is 5.77. The average Bonchev–Trinajstić information content (AvgIpc) is 2.70. The lowest BCUT2D eigenvalue weighted by molar-refractivity contribution is -0.244. The van der Waals surface area contributed by atoms with Crippen LogP contribution in [0.5, 0.6) is 11.5 Å². The lowest BCUT2D eigenvalue weighted by Gasteiger charge is -2.51. The van der Waals surface area contributed by atoms with Crippen LogP contribution in [0.4, 0.5) is 0 Å². The molecule has 1 aromatic rings. The number of aliphatic hydroxyl groups excluding tert-OH is 1. The molecule has 3 rings (SSSR count). The van der Waals surface area contributed by atoms with Crippen molar-refractivity contribution in [3.63, 3.8) is 0 Å². The lowest BCUT2D eigenvalue weighted by Crippen LogP contribution is -2.64. The summed E-state index contributed by atoms with van der Waals surface area (Å²) in [6.45, 7) is 3.68. The van der Waals surface area contributed by atoms with Gasteiger partial charge in [0, 0.05) is 31.6 Å². The molecule has 2 saturated heterocycles. The third-order valence-corrected chi connectivity index (χ3v) is 5.77. The van der Waals surface area contributed by atoms with Gasteiger partial charge < -0.3 is 35.1 Å². The van der Waals surface area contributed by atoms with E-state index in [1.807, 2.05) is 0 Å². The molecule has 8 nitrogen and oxygen atoms in total. The second kappa shape index (κ2) is 8.24. The molecule has 1 aromatic carbocycles. The van der Waals surface area contributed by atoms with Crippen molar-refractivity contribution in [2.75, 3.05) is 40.0 Å². The Morgan fingerprint density at radius 3 is 2.68 bits per heavy atom. The summed E-state index contributed by atoms with van der Waals surface area (Å²) in [5.41, 5.74) is 4.00. The van der Waals surface area contributed by atoms with Gasteiger partial charge in [0.25, 0.3) is 5.91 Å². The summed E-state index contributed by atoms with van der Waals surface area (Å²) in [6, 6.07) is 5.07. The van der Waals surface area contributed by atoms with Crippen LogP contribution in [0.15, 0.2) is 18.2 Å². The fourth-order valence-corrected chi connectivity index (χ4v) is 4.02. The molecule has 2 heterocycles. The highest BCUT2D eigenvalue weighted by molar-refractivity contribution is 5.95. The van der Waals surface area contributed by atoms with Crippen molar-refractivity contribution in [3.05, 3.63) is 23.8 Å². The van der Waals surface area contributed by atoms with E-state index >= 15 is 0 Å². The zero-order valence-electron chi connectivity index (χ0n) is 16.5. The minimum Gasteiger partial charge on any atom is -0.493 e. The molecule has 0 aliphatic carbocycles. The molecule has 4 N–H and O–H groups in total. The summed E-state index contributed by atoms with van der Waals surface area (Å²) in [5.74, 6) is 0.911. The standard InChI is InChI=1S/C20H30N2O6/c1-19(25)7-11-28-20(18(19)24)5-9-22(10-6-20)17(23)14-3-4-15(27-12-8-21)16(13-14)26-2/h3-4,13,18,24-25H,5-12,21H2,1-2H3/t18-,19+/m0/s1. The monoisotopic (exact) mass is 394 g/mol. The van der Waals surface area contributed by atoms with E-state index in [1.54, 1.807) is 30.0 Å². The molecule has 2 aliphatic rings. The van der Waals surface area contributed by atoms with E-state index in [2.05, 4.69) is 0 Å². The Morgan fingerprint density at radius 1 is 1.32 bits per heavy atom. The number of carbonyl (C=O) groups is 1. The quantitative estimate of drug-likeness (QED) is 0.668. The third kappa shape index (κ3) is 3.96. The molecule has 0 saturated carbocycles. The van der Waals surface area contributed by atoms with E-state index in [9.17, 15) is 15.0 Å². The smallest absolute Gasteiger partial charge is 0.253 e. The number of methoxy groups -OCH3 is 1. The van der Waals surface area contributed by atoms with E-state index in [0.717, 1.165) is 0 Å². The van der Waals surface area contributed by atoms with Crippen LogP contribution in [0.3, 0.4) is 0 Å². The summed E-state index contributed by atoms with van der Waals surface area (Å²) in [7, 11) is 1.53. The second-order valence-electron chi connectivity index (χ2n) is 7.72. The van der Waals surface area contributed by atoms with Crippen molar-refractivity contribution in [3.8, 4) is 11.5 Å². The van der Waals surface area contributed by atoms with Crippen LogP contribution in [-0.2, 0) is 4.74 Å². The van der Waals surface area contributed by atoms with Gasteiger partial charge in [-0.1, -0.05) is 0 Å². The minimum absolute atomic E-state index is 0.115. The number of benzene rings is 1. The van der Waals surface area contributed by atoms with Gasteiger partial charge in [-0.05, 0) is 38.0 Å². The van der Waals surface area contributed by atoms with Gasteiger partial charge in [0.1, 0.15) is 18.3 Å². The molecule has 1 spiro atoms. The number of amides is 1. The number of rotatable bonds is 5. The molecule has 0 unspecified atom stereocenters. The highest BCUT2D eigenvalue weighted by Gasteiger charge is 2.52. The van der Waals surface area contributed by atoms with Crippen molar-refractivity contribution in [1.82, 2.24) is 4.90 Å². The molecular weight excluding hydrogens is 364 g/mol. The van der Waals surface area contributed by atoms with E-state index in [0.29, 0.717) is 69.2 Å². The first-order valence-corrected chi connectivity index (χ1v) is 9.67. The number of carbonyl (C=O) groups excluding carboxylic acids is 1. The number of hydrogen-bond donors (Lipinski definition) is 3. The SMILES string of the molecule is COc1cc(C(=O)N2CCC3(CC2)OCC[C@@](C)(O)[C@@H]3O)ccc1OCCN. The van der Waals surface area contributed by atoms with Crippen LogP contribution in [-0.4, -0.2) is 78.3 Å². The summed E-state index contributed by atoms with van der Waals surface area (Å²) in [5, 5.41) is 21.0. The van der Waals surface area contributed by atoms with E-state index in [-0.39, 0.29) is 5.91 Å². The maximum absolute atomic E-state index is 12.9. The zero-order chi connectivity index (χ0) is 20.4. The van der Waals surface area contributed by atoms with E-state index in [1.165, 1.54) is 7.11 Å². The summed E-state index contributed by atoms with van der Waals surface area (Å²) < 4.78 is 16.7. The average molecular weight is 394 g/mol. The summed E-state index contributed by atoms with van der Waals surface area (Å²) >= 11 is 0. The van der Waals surface area contributed by atoms with Gasteiger partial charge in [0.05, 0.1) is 19.3 Å². The number of piperidine rings is 1. The number of nitrogens with two attached hydrogens (primary N) is 1. The Morgan fingerprint density at radius 2 is 2.04 bits per heavy atom. The second-order valence-corrected chi connectivity index (χ2v) is 7.72. The van der Waals surface area contributed by atoms with Crippen molar-refractivity contribution in [1.29, 1.82) is 0 Å². The molecule has 2 fully saturated rings. The topological polar surface area (TPSA) is 114 Å². The number of nitrogens with zero attached hydrogens (tertiary/aromatic N) is 1. The van der Waals surface area contributed by atoms with Gasteiger partial charge >= 0.3 is 0 Å². The molecule has 0 radical (unpaired) electrons. The van der Waals surface area contributed by atoms with Crippen LogP contribution >= 0.6 is 0 Å². The minimum atomic E-state index is -1.17. The van der Waals surface area contributed by atoms with Crippen LogP contribution < -0.4 is 15.2 Å². The van der Waals surface area contributed by atoms with Crippen LogP contribution in [0.1, 0.15) is 36.5 Å². The molecule has 2 atom stereocenters. The Kier molecular flexibility index (Phi) is 6.14.